The molecule has 1 fully saturated rings. The standard InChI is InChI=1S/C22H28N6O6/c23-10-19(30)28-7-1-2-18(28)21(32)26-16(8-13-3-5-15(29)6-4-13)20(31)27-17(22(33)34)9-14-11-24-12-25-14/h3-6,11-12,16-18,29H,1-2,7-10,23H2,(H,24,25)(H,26,32)(H,27,31)(H,33,34). The number of likely N-dealkylation sites (tertiary alicyclic amines) is 1. The molecule has 0 radical (unpaired) electrons. The third-order valence-corrected chi connectivity index (χ3v) is 5.65. The molecule has 0 bridgehead atoms. The highest BCUT2D eigenvalue weighted by atomic mass is 16.4. The molecular formula is C22H28N6O6. The summed E-state index contributed by atoms with van der Waals surface area (Å²) in [6.45, 7) is 0.170. The fourth-order valence-corrected chi connectivity index (χ4v) is 3.89. The van der Waals surface area contributed by atoms with E-state index in [9.17, 15) is 29.4 Å². The minimum atomic E-state index is -1.26. The highest BCUT2D eigenvalue weighted by Crippen LogP contribution is 2.18. The summed E-state index contributed by atoms with van der Waals surface area (Å²) < 4.78 is 0. The van der Waals surface area contributed by atoms with Crippen LogP contribution in [0.2, 0.25) is 0 Å². The highest BCUT2D eigenvalue weighted by Gasteiger charge is 2.36. The number of aromatic hydroxyl groups is 1. The SMILES string of the molecule is NCC(=O)N1CCCC1C(=O)NC(Cc1ccc(O)cc1)C(=O)NC(Cc1cnc[nH]1)C(=O)O. The molecule has 2 heterocycles. The van der Waals surface area contributed by atoms with Gasteiger partial charge in [0.05, 0.1) is 12.9 Å². The average molecular weight is 473 g/mol. The van der Waals surface area contributed by atoms with Crippen molar-refractivity contribution in [1.29, 1.82) is 0 Å². The molecule has 7 N–H and O–H groups in total. The van der Waals surface area contributed by atoms with E-state index in [1.807, 2.05) is 0 Å². The lowest BCUT2D eigenvalue weighted by atomic mass is 10.0. The molecule has 1 aromatic carbocycles. The van der Waals surface area contributed by atoms with Crippen molar-refractivity contribution >= 4 is 23.7 Å². The molecule has 1 saturated heterocycles. The summed E-state index contributed by atoms with van der Waals surface area (Å²) in [4.78, 5) is 58.0. The molecule has 182 valence electrons. The number of nitrogens with one attached hydrogen (secondary N) is 3. The van der Waals surface area contributed by atoms with E-state index >= 15 is 0 Å². The second-order valence-electron chi connectivity index (χ2n) is 8.06. The molecule has 34 heavy (non-hydrogen) atoms. The first-order chi connectivity index (χ1) is 16.3. The Morgan fingerprint density at radius 2 is 1.88 bits per heavy atom. The number of hydrogen-bond donors (Lipinski definition) is 6. The van der Waals surface area contributed by atoms with Crippen LogP contribution >= 0.6 is 0 Å². The van der Waals surface area contributed by atoms with Crippen LogP contribution in [-0.2, 0) is 32.0 Å². The fraction of sp³-hybridized carbons (Fsp3) is 0.409. The molecule has 0 saturated carbocycles. The minimum Gasteiger partial charge on any atom is -0.508 e. The number of imidazole rings is 1. The number of carbonyl (C=O) groups is 4. The number of aromatic amines is 1. The predicted molar refractivity (Wildman–Crippen MR) is 119 cm³/mol. The Morgan fingerprint density at radius 1 is 1.15 bits per heavy atom. The number of benzene rings is 1. The molecule has 3 amide bonds. The number of phenols is 1. The molecule has 2 aromatic rings. The number of hydrogen-bond acceptors (Lipinski definition) is 7. The minimum absolute atomic E-state index is 0.0254. The van der Waals surface area contributed by atoms with Crippen LogP contribution in [0.25, 0.3) is 0 Å². The van der Waals surface area contributed by atoms with Crippen molar-refractivity contribution in [2.24, 2.45) is 5.73 Å². The summed E-state index contributed by atoms with van der Waals surface area (Å²) in [7, 11) is 0. The van der Waals surface area contributed by atoms with Crippen LogP contribution in [0.5, 0.6) is 5.75 Å². The third-order valence-electron chi connectivity index (χ3n) is 5.65. The first kappa shape index (κ1) is 24.7. The summed E-state index contributed by atoms with van der Waals surface area (Å²) >= 11 is 0. The van der Waals surface area contributed by atoms with E-state index in [4.69, 9.17) is 5.73 Å². The number of carboxylic acid groups (broad SMARTS) is 1. The lowest BCUT2D eigenvalue weighted by Gasteiger charge is -2.27. The van der Waals surface area contributed by atoms with E-state index in [0.717, 1.165) is 0 Å². The van der Waals surface area contributed by atoms with Gasteiger partial charge in [0.1, 0.15) is 23.9 Å². The monoisotopic (exact) mass is 472 g/mol. The van der Waals surface area contributed by atoms with Gasteiger partial charge in [0, 0.05) is 31.3 Å². The molecule has 1 aliphatic heterocycles. The van der Waals surface area contributed by atoms with Crippen LogP contribution < -0.4 is 16.4 Å². The van der Waals surface area contributed by atoms with Crippen LogP contribution in [0.1, 0.15) is 24.1 Å². The van der Waals surface area contributed by atoms with Crippen LogP contribution in [0.4, 0.5) is 0 Å². The number of rotatable bonds is 10. The Labute approximate surface area is 195 Å². The fourth-order valence-electron chi connectivity index (χ4n) is 3.89. The highest BCUT2D eigenvalue weighted by molar-refractivity contribution is 5.94. The zero-order valence-electron chi connectivity index (χ0n) is 18.4. The maximum Gasteiger partial charge on any atom is 0.326 e. The van der Waals surface area contributed by atoms with Crippen molar-refractivity contribution in [3.8, 4) is 5.75 Å². The lowest BCUT2D eigenvalue weighted by molar-refractivity contribution is -0.142. The summed E-state index contributed by atoms with van der Waals surface area (Å²) in [6, 6.07) is 2.96. The molecule has 3 atom stereocenters. The number of carbonyl (C=O) groups excluding carboxylic acids is 3. The van der Waals surface area contributed by atoms with Crippen LogP contribution in [0.15, 0.2) is 36.8 Å². The predicted octanol–water partition coefficient (Wildman–Crippen LogP) is -1.10. The van der Waals surface area contributed by atoms with Gasteiger partial charge >= 0.3 is 5.97 Å². The van der Waals surface area contributed by atoms with Gasteiger partial charge in [-0.3, -0.25) is 14.4 Å². The third kappa shape index (κ3) is 6.32. The number of phenolic OH excluding ortho intramolecular Hbond substituents is 1. The number of nitrogens with two attached hydrogens (primary N) is 1. The molecule has 12 heteroatoms. The van der Waals surface area contributed by atoms with E-state index in [-0.39, 0.29) is 31.0 Å². The molecule has 1 aromatic heterocycles. The molecule has 3 rings (SSSR count). The molecular weight excluding hydrogens is 444 g/mol. The van der Waals surface area contributed by atoms with Crippen molar-refractivity contribution in [2.75, 3.05) is 13.1 Å². The van der Waals surface area contributed by atoms with Crippen molar-refractivity contribution in [2.45, 2.75) is 43.8 Å². The smallest absolute Gasteiger partial charge is 0.326 e. The van der Waals surface area contributed by atoms with E-state index in [1.54, 1.807) is 12.1 Å². The molecule has 3 unspecified atom stereocenters. The Bertz CT molecular complexity index is 1010. The zero-order valence-corrected chi connectivity index (χ0v) is 18.4. The van der Waals surface area contributed by atoms with Gasteiger partial charge in [0.15, 0.2) is 0 Å². The number of aromatic nitrogens is 2. The van der Waals surface area contributed by atoms with Gasteiger partial charge in [-0.05, 0) is 30.5 Å². The Balaban J connectivity index is 1.77. The summed E-state index contributed by atoms with van der Waals surface area (Å²) in [6.07, 6.45) is 3.95. The van der Waals surface area contributed by atoms with E-state index in [1.165, 1.54) is 29.6 Å². The van der Waals surface area contributed by atoms with Gasteiger partial charge in [0.2, 0.25) is 17.7 Å². The molecule has 0 spiro atoms. The average Bonchev–Trinajstić information content (AvgIpc) is 3.51. The molecule has 12 nitrogen and oxygen atoms in total. The number of nitrogens with zero attached hydrogens (tertiary/aromatic N) is 2. The largest absolute Gasteiger partial charge is 0.508 e. The van der Waals surface area contributed by atoms with Gasteiger partial charge in [-0.1, -0.05) is 12.1 Å². The summed E-state index contributed by atoms with van der Waals surface area (Å²) in [5.74, 6) is -2.77. The van der Waals surface area contributed by atoms with Gasteiger partial charge in [-0.2, -0.15) is 0 Å². The van der Waals surface area contributed by atoms with Gasteiger partial charge in [-0.15, -0.1) is 0 Å². The van der Waals surface area contributed by atoms with E-state index in [2.05, 4.69) is 20.6 Å². The number of aliphatic carboxylic acids is 1. The van der Waals surface area contributed by atoms with Crippen molar-refractivity contribution in [1.82, 2.24) is 25.5 Å². The first-order valence-corrected chi connectivity index (χ1v) is 10.9. The zero-order chi connectivity index (χ0) is 24.7. The summed E-state index contributed by atoms with van der Waals surface area (Å²) in [5, 5.41) is 24.3. The second-order valence-corrected chi connectivity index (χ2v) is 8.06. The quantitative estimate of drug-likeness (QED) is 0.251. The lowest BCUT2D eigenvalue weighted by Crippen LogP contribution is -2.56. The molecule has 1 aliphatic rings. The summed E-state index contributed by atoms with van der Waals surface area (Å²) in [5.41, 5.74) is 6.61. The van der Waals surface area contributed by atoms with Crippen LogP contribution in [0.3, 0.4) is 0 Å². The van der Waals surface area contributed by atoms with Crippen LogP contribution in [-0.4, -0.2) is 80.0 Å². The van der Waals surface area contributed by atoms with Crippen molar-refractivity contribution in [3.63, 3.8) is 0 Å². The van der Waals surface area contributed by atoms with Gasteiger partial charge < -0.3 is 36.5 Å². The van der Waals surface area contributed by atoms with Gasteiger partial charge in [-0.25, -0.2) is 9.78 Å². The second kappa shape index (κ2) is 11.3. The number of carboxylic acids is 1. The van der Waals surface area contributed by atoms with E-state index < -0.39 is 35.9 Å². The van der Waals surface area contributed by atoms with E-state index in [0.29, 0.717) is 30.6 Å². The Hall–Kier alpha value is -3.93. The molecule has 0 aliphatic carbocycles. The Kier molecular flexibility index (Phi) is 8.19. The maximum atomic E-state index is 13.1. The first-order valence-electron chi connectivity index (χ1n) is 10.9. The van der Waals surface area contributed by atoms with Crippen molar-refractivity contribution in [3.05, 3.63) is 48.0 Å². The number of H-pyrrole nitrogens is 1. The van der Waals surface area contributed by atoms with Gasteiger partial charge in [0.25, 0.3) is 0 Å². The number of amides is 3. The van der Waals surface area contributed by atoms with Crippen LogP contribution in [0, 0.1) is 0 Å². The topological polar surface area (TPSA) is 191 Å². The maximum absolute atomic E-state index is 13.1. The van der Waals surface area contributed by atoms with Crippen molar-refractivity contribution < 1.29 is 29.4 Å². The normalized spacial score (nSPS) is 17.1. The Morgan fingerprint density at radius 3 is 2.50 bits per heavy atom.